The Morgan fingerprint density at radius 1 is 1.27 bits per heavy atom. The van der Waals surface area contributed by atoms with E-state index in [1.807, 2.05) is 0 Å². The van der Waals surface area contributed by atoms with Crippen molar-refractivity contribution in [1.29, 1.82) is 0 Å². The molecular formula is C19H14ClF3N6O. The molecule has 11 heteroatoms. The first-order valence-electron chi connectivity index (χ1n) is 8.75. The summed E-state index contributed by atoms with van der Waals surface area (Å²) < 4.78 is 41.9. The van der Waals surface area contributed by atoms with Crippen LogP contribution in [-0.4, -0.2) is 36.9 Å². The standard InChI is InChI=1S/C19H14ClF3N6O/c1-10-4-14(21)12(16-8-28(27-26-16)9-18(22)23)5-15(10)25-19(30)13-6-24-29-7-11(20)2-3-17(13)29/h2-8,18H,9H2,1H3,(H,25,30). The number of pyridine rings is 1. The van der Waals surface area contributed by atoms with Crippen molar-refractivity contribution < 1.29 is 18.0 Å². The number of fused-ring (bicyclic) bond motifs is 1. The van der Waals surface area contributed by atoms with Gasteiger partial charge < -0.3 is 5.32 Å². The minimum absolute atomic E-state index is 0.0306. The predicted octanol–water partition coefficient (Wildman–Crippen LogP) is 4.21. The summed E-state index contributed by atoms with van der Waals surface area (Å²) >= 11 is 5.93. The number of hydrogen-bond acceptors (Lipinski definition) is 4. The van der Waals surface area contributed by atoms with Crippen LogP contribution in [0.5, 0.6) is 0 Å². The zero-order chi connectivity index (χ0) is 21.4. The fraction of sp³-hybridized carbons (Fsp3) is 0.158. The van der Waals surface area contributed by atoms with Gasteiger partial charge in [-0.25, -0.2) is 22.4 Å². The molecule has 0 aliphatic heterocycles. The van der Waals surface area contributed by atoms with Crippen LogP contribution in [0.15, 0.2) is 42.9 Å². The van der Waals surface area contributed by atoms with Crippen molar-refractivity contribution in [3.05, 3.63) is 64.8 Å². The van der Waals surface area contributed by atoms with E-state index < -0.39 is 24.7 Å². The summed E-state index contributed by atoms with van der Waals surface area (Å²) in [4.78, 5) is 12.8. The van der Waals surface area contributed by atoms with Crippen molar-refractivity contribution in [2.45, 2.75) is 19.9 Å². The Hall–Kier alpha value is -3.40. The van der Waals surface area contributed by atoms with Crippen LogP contribution in [-0.2, 0) is 6.54 Å². The maximum atomic E-state index is 14.5. The summed E-state index contributed by atoms with van der Waals surface area (Å²) in [6.45, 7) is 0.981. The molecule has 3 heterocycles. The number of alkyl halides is 2. The molecule has 0 saturated carbocycles. The van der Waals surface area contributed by atoms with Crippen molar-refractivity contribution in [3.8, 4) is 11.3 Å². The quantitative estimate of drug-likeness (QED) is 0.510. The smallest absolute Gasteiger partial charge is 0.259 e. The molecule has 0 unspecified atom stereocenters. The Morgan fingerprint density at radius 3 is 2.83 bits per heavy atom. The third-order valence-corrected chi connectivity index (χ3v) is 4.65. The number of anilines is 1. The maximum absolute atomic E-state index is 14.5. The second kappa shape index (κ2) is 7.79. The molecule has 0 spiro atoms. The Morgan fingerprint density at radius 2 is 2.07 bits per heavy atom. The number of benzene rings is 1. The highest BCUT2D eigenvalue weighted by molar-refractivity contribution is 6.30. The van der Waals surface area contributed by atoms with E-state index in [-0.39, 0.29) is 11.3 Å². The van der Waals surface area contributed by atoms with Gasteiger partial charge >= 0.3 is 0 Å². The molecule has 1 N–H and O–H groups in total. The van der Waals surface area contributed by atoms with Crippen LogP contribution in [0, 0.1) is 12.7 Å². The topological polar surface area (TPSA) is 77.1 Å². The first kappa shape index (κ1) is 19.9. The van der Waals surface area contributed by atoms with Crippen LogP contribution in [0.1, 0.15) is 15.9 Å². The number of nitrogens with zero attached hydrogens (tertiary/aromatic N) is 5. The van der Waals surface area contributed by atoms with Gasteiger partial charge in [-0.2, -0.15) is 5.10 Å². The van der Waals surface area contributed by atoms with E-state index in [9.17, 15) is 18.0 Å². The third kappa shape index (κ3) is 3.86. The molecule has 0 atom stereocenters. The summed E-state index contributed by atoms with van der Waals surface area (Å²) in [5.41, 5.74) is 1.78. The molecule has 154 valence electrons. The van der Waals surface area contributed by atoms with E-state index in [0.717, 1.165) is 4.68 Å². The second-order valence-corrected chi connectivity index (χ2v) is 6.99. The van der Waals surface area contributed by atoms with Gasteiger partial charge in [0.2, 0.25) is 0 Å². The molecule has 0 saturated heterocycles. The van der Waals surface area contributed by atoms with E-state index in [2.05, 4.69) is 20.7 Å². The van der Waals surface area contributed by atoms with Gasteiger partial charge in [0.15, 0.2) is 0 Å². The lowest BCUT2D eigenvalue weighted by Crippen LogP contribution is -2.13. The summed E-state index contributed by atoms with van der Waals surface area (Å²) in [7, 11) is 0. The van der Waals surface area contributed by atoms with Crippen molar-refractivity contribution in [1.82, 2.24) is 24.6 Å². The SMILES string of the molecule is Cc1cc(F)c(-c2cn(CC(F)F)nn2)cc1NC(=O)c1cnn2cc(Cl)ccc12. The van der Waals surface area contributed by atoms with Gasteiger partial charge in [-0.15, -0.1) is 5.10 Å². The fourth-order valence-corrected chi connectivity index (χ4v) is 3.14. The summed E-state index contributed by atoms with van der Waals surface area (Å²) in [5.74, 6) is -1.06. The first-order valence-corrected chi connectivity index (χ1v) is 9.12. The number of halogens is 4. The number of carbonyl (C=O) groups excluding carboxylic acids is 1. The van der Waals surface area contributed by atoms with Gasteiger partial charge in [0, 0.05) is 17.4 Å². The van der Waals surface area contributed by atoms with E-state index in [4.69, 9.17) is 11.6 Å². The number of hydrogen-bond donors (Lipinski definition) is 1. The Kier molecular flexibility index (Phi) is 5.17. The van der Waals surface area contributed by atoms with Crippen molar-refractivity contribution in [2.24, 2.45) is 0 Å². The van der Waals surface area contributed by atoms with Gasteiger partial charge in [-0.3, -0.25) is 4.79 Å². The van der Waals surface area contributed by atoms with E-state index in [0.29, 0.717) is 27.4 Å². The number of rotatable bonds is 5. The van der Waals surface area contributed by atoms with E-state index >= 15 is 0 Å². The van der Waals surface area contributed by atoms with Crippen LogP contribution in [0.25, 0.3) is 16.8 Å². The fourth-order valence-electron chi connectivity index (χ4n) is 2.98. The Labute approximate surface area is 173 Å². The van der Waals surface area contributed by atoms with Crippen LogP contribution < -0.4 is 5.32 Å². The van der Waals surface area contributed by atoms with Crippen LogP contribution in [0.2, 0.25) is 5.02 Å². The molecule has 0 radical (unpaired) electrons. The third-order valence-electron chi connectivity index (χ3n) is 4.43. The zero-order valence-electron chi connectivity index (χ0n) is 15.5. The molecule has 1 aromatic carbocycles. The number of aryl methyl sites for hydroxylation is 1. The lowest BCUT2D eigenvalue weighted by molar-refractivity contribution is 0.102. The molecular weight excluding hydrogens is 421 g/mol. The minimum Gasteiger partial charge on any atom is -0.322 e. The van der Waals surface area contributed by atoms with Crippen molar-refractivity contribution in [3.63, 3.8) is 0 Å². The summed E-state index contributed by atoms with van der Waals surface area (Å²) in [5, 5.41) is 14.6. The number of carbonyl (C=O) groups is 1. The largest absolute Gasteiger partial charge is 0.322 e. The van der Waals surface area contributed by atoms with Gasteiger partial charge in [0.25, 0.3) is 12.3 Å². The molecule has 30 heavy (non-hydrogen) atoms. The maximum Gasteiger partial charge on any atom is 0.259 e. The first-order chi connectivity index (χ1) is 14.3. The summed E-state index contributed by atoms with van der Waals surface area (Å²) in [6, 6.07) is 5.92. The highest BCUT2D eigenvalue weighted by atomic mass is 35.5. The van der Waals surface area contributed by atoms with E-state index in [1.165, 1.54) is 29.0 Å². The van der Waals surface area contributed by atoms with Crippen molar-refractivity contribution in [2.75, 3.05) is 5.32 Å². The molecule has 7 nitrogen and oxygen atoms in total. The lowest BCUT2D eigenvalue weighted by atomic mass is 10.1. The second-order valence-electron chi connectivity index (χ2n) is 6.55. The molecule has 0 aliphatic rings. The normalized spacial score (nSPS) is 11.4. The Balaban J connectivity index is 1.65. The monoisotopic (exact) mass is 434 g/mol. The van der Waals surface area contributed by atoms with Gasteiger partial charge in [0.1, 0.15) is 18.1 Å². The van der Waals surface area contributed by atoms with E-state index in [1.54, 1.807) is 25.3 Å². The zero-order valence-corrected chi connectivity index (χ0v) is 16.2. The molecule has 1 amide bonds. The molecule has 3 aromatic heterocycles. The average molecular weight is 435 g/mol. The van der Waals surface area contributed by atoms with Gasteiger partial charge in [0.05, 0.1) is 28.5 Å². The predicted molar refractivity (Wildman–Crippen MR) is 104 cm³/mol. The number of nitrogens with one attached hydrogen (secondary N) is 1. The average Bonchev–Trinajstić information content (AvgIpc) is 3.30. The molecule has 4 aromatic rings. The summed E-state index contributed by atoms with van der Waals surface area (Å²) in [6.07, 6.45) is 1.58. The van der Waals surface area contributed by atoms with Gasteiger partial charge in [-0.05, 0) is 36.8 Å². The van der Waals surface area contributed by atoms with Gasteiger partial charge in [-0.1, -0.05) is 16.8 Å². The molecule has 0 fully saturated rings. The highest BCUT2D eigenvalue weighted by Crippen LogP contribution is 2.28. The Bertz CT molecular complexity index is 1250. The van der Waals surface area contributed by atoms with Crippen LogP contribution in [0.3, 0.4) is 0 Å². The molecule has 0 bridgehead atoms. The molecule has 4 rings (SSSR count). The lowest BCUT2D eigenvalue weighted by Gasteiger charge is -2.10. The van der Waals surface area contributed by atoms with Crippen LogP contribution in [0.4, 0.5) is 18.9 Å². The minimum atomic E-state index is -2.61. The van der Waals surface area contributed by atoms with Crippen molar-refractivity contribution >= 4 is 28.7 Å². The highest BCUT2D eigenvalue weighted by Gasteiger charge is 2.18. The van der Waals surface area contributed by atoms with Crippen LogP contribution >= 0.6 is 11.6 Å². The number of amides is 1. The number of aromatic nitrogens is 5. The molecule has 0 aliphatic carbocycles.